The zero-order chi connectivity index (χ0) is 10.8. The molecule has 1 aromatic carbocycles. The van der Waals surface area contributed by atoms with Gasteiger partial charge in [-0.05, 0) is 19.1 Å². The third-order valence-electron chi connectivity index (χ3n) is 2.43. The highest BCUT2D eigenvalue weighted by molar-refractivity contribution is 6.01. The molecule has 15 heavy (non-hydrogen) atoms. The van der Waals surface area contributed by atoms with Crippen LogP contribution in [-0.2, 0) is 7.05 Å². The molecule has 0 saturated carbocycles. The largest absolute Gasteiger partial charge is 0.493 e. The van der Waals surface area contributed by atoms with Crippen molar-refractivity contribution in [2.75, 3.05) is 6.61 Å². The van der Waals surface area contributed by atoms with Crippen LogP contribution in [0.2, 0.25) is 0 Å². The van der Waals surface area contributed by atoms with Crippen LogP contribution in [-0.4, -0.2) is 17.5 Å². The minimum absolute atomic E-state index is 0.603. The van der Waals surface area contributed by atoms with Gasteiger partial charge in [0.2, 0.25) is 0 Å². The maximum Gasteiger partial charge on any atom is 0.152 e. The van der Waals surface area contributed by atoms with E-state index in [2.05, 4.69) is 0 Å². The molecule has 0 radical (unpaired) electrons. The first kappa shape index (κ1) is 9.77. The van der Waals surface area contributed by atoms with Gasteiger partial charge in [-0.2, -0.15) is 0 Å². The van der Waals surface area contributed by atoms with Crippen molar-refractivity contribution in [2.45, 2.75) is 6.92 Å². The summed E-state index contributed by atoms with van der Waals surface area (Å²) < 4.78 is 7.43. The van der Waals surface area contributed by atoms with Crippen molar-refractivity contribution in [2.24, 2.45) is 7.05 Å². The van der Waals surface area contributed by atoms with E-state index in [-0.39, 0.29) is 0 Å². The lowest BCUT2D eigenvalue weighted by Crippen LogP contribution is -1.92. The summed E-state index contributed by atoms with van der Waals surface area (Å²) >= 11 is 0. The van der Waals surface area contributed by atoms with E-state index in [0.717, 1.165) is 22.9 Å². The zero-order valence-electron chi connectivity index (χ0n) is 8.86. The number of nitrogens with zero attached hydrogens (tertiary/aromatic N) is 1. The van der Waals surface area contributed by atoms with Gasteiger partial charge >= 0.3 is 0 Å². The molecular weight excluding hydrogens is 190 g/mol. The average molecular weight is 203 g/mol. The number of ether oxygens (including phenoxy) is 1. The van der Waals surface area contributed by atoms with E-state index in [1.165, 1.54) is 0 Å². The second-order valence-corrected chi connectivity index (χ2v) is 3.40. The third kappa shape index (κ3) is 1.50. The highest BCUT2D eigenvalue weighted by atomic mass is 16.5. The minimum Gasteiger partial charge on any atom is -0.493 e. The Labute approximate surface area is 88.3 Å². The summed E-state index contributed by atoms with van der Waals surface area (Å²) in [6.07, 6.45) is 2.69. The Hall–Kier alpha value is -1.77. The van der Waals surface area contributed by atoms with Crippen LogP contribution in [0.4, 0.5) is 0 Å². The molecule has 0 atom stereocenters. The molecule has 0 aliphatic carbocycles. The quantitative estimate of drug-likeness (QED) is 0.717. The van der Waals surface area contributed by atoms with Crippen molar-refractivity contribution in [3.8, 4) is 5.75 Å². The van der Waals surface area contributed by atoms with Crippen molar-refractivity contribution in [3.63, 3.8) is 0 Å². The molecular formula is C12H13NO2. The summed E-state index contributed by atoms with van der Waals surface area (Å²) in [5.74, 6) is 0.776. The smallest absolute Gasteiger partial charge is 0.152 e. The fraction of sp³-hybridized carbons (Fsp3) is 0.250. The van der Waals surface area contributed by atoms with Crippen molar-refractivity contribution in [1.82, 2.24) is 4.57 Å². The molecule has 0 amide bonds. The first-order valence-corrected chi connectivity index (χ1v) is 4.94. The predicted molar refractivity (Wildman–Crippen MR) is 59.5 cm³/mol. The maximum atomic E-state index is 10.9. The number of fused-ring (bicyclic) bond motifs is 1. The molecule has 0 unspecified atom stereocenters. The van der Waals surface area contributed by atoms with Gasteiger partial charge in [0.1, 0.15) is 5.75 Å². The van der Waals surface area contributed by atoms with E-state index < -0.39 is 0 Å². The number of aromatic nitrogens is 1. The second-order valence-electron chi connectivity index (χ2n) is 3.40. The van der Waals surface area contributed by atoms with Gasteiger partial charge in [0.05, 0.1) is 17.5 Å². The molecule has 2 aromatic rings. The number of carbonyl (C=O) groups excluding carboxylic acids is 1. The third-order valence-corrected chi connectivity index (χ3v) is 2.43. The van der Waals surface area contributed by atoms with Gasteiger partial charge in [0, 0.05) is 18.8 Å². The van der Waals surface area contributed by atoms with Crippen LogP contribution >= 0.6 is 0 Å². The second kappa shape index (κ2) is 3.77. The number of benzene rings is 1. The van der Waals surface area contributed by atoms with Crippen LogP contribution in [0.25, 0.3) is 10.9 Å². The van der Waals surface area contributed by atoms with E-state index in [1.54, 1.807) is 0 Å². The molecule has 2 rings (SSSR count). The van der Waals surface area contributed by atoms with Crippen LogP contribution in [0.15, 0.2) is 24.4 Å². The molecule has 78 valence electrons. The van der Waals surface area contributed by atoms with E-state index in [9.17, 15) is 4.79 Å². The van der Waals surface area contributed by atoms with Gasteiger partial charge < -0.3 is 9.30 Å². The summed E-state index contributed by atoms with van der Waals surface area (Å²) in [5.41, 5.74) is 1.69. The lowest BCUT2D eigenvalue weighted by molar-refractivity contribution is 0.112. The van der Waals surface area contributed by atoms with Gasteiger partial charge in [0.25, 0.3) is 0 Å². The monoisotopic (exact) mass is 203 g/mol. The van der Waals surface area contributed by atoms with Crippen LogP contribution < -0.4 is 4.74 Å². The number of hydrogen-bond acceptors (Lipinski definition) is 2. The van der Waals surface area contributed by atoms with E-state index in [0.29, 0.717) is 12.2 Å². The lowest BCUT2D eigenvalue weighted by atomic mass is 10.2. The fourth-order valence-corrected chi connectivity index (χ4v) is 1.81. The molecule has 0 aliphatic heterocycles. The Morgan fingerprint density at radius 1 is 1.47 bits per heavy atom. The molecule has 0 saturated heterocycles. The predicted octanol–water partition coefficient (Wildman–Crippen LogP) is 2.39. The van der Waals surface area contributed by atoms with E-state index in [1.807, 2.05) is 42.9 Å². The SMILES string of the molecule is CCOc1cccc2c1c(C=O)cn2C. The first-order chi connectivity index (χ1) is 7.27. The van der Waals surface area contributed by atoms with E-state index >= 15 is 0 Å². The van der Waals surface area contributed by atoms with Crippen LogP contribution in [0, 0.1) is 0 Å². The maximum absolute atomic E-state index is 10.9. The lowest BCUT2D eigenvalue weighted by Gasteiger charge is -2.05. The zero-order valence-corrected chi connectivity index (χ0v) is 8.86. The average Bonchev–Trinajstić information content (AvgIpc) is 2.58. The van der Waals surface area contributed by atoms with Gasteiger partial charge in [-0.25, -0.2) is 0 Å². The number of aldehydes is 1. The number of aryl methyl sites for hydroxylation is 1. The summed E-state index contributed by atoms with van der Waals surface area (Å²) in [7, 11) is 1.92. The molecule has 0 bridgehead atoms. The topological polar surface area (TPSA) is 31.2 Å². The number of rotatable bonds is 3. The Morgan fingerprint density at radius 2 is 2.27 bits per heavy atom. The molecule has 0 fully saturated rings. The summed E-state index contributed by atoms with van der Waals surface area (Å²) in [5, 5.41) is 0.900. The normalized spacial score (nSPS) is 10.5. The Kier molecular flexibility index (Phi) is 2.46. The first-order valence-electron chi connectivity index (χ1n) is 4.94. The van der Waals surface area contributed by atoms with Gasteiger partial charge in [-0.15, -0.1) is 0 Å². The van der Waals surface area contributed by atoms with E-state index in [4.69, 9.17) is 4.74 Å². The molecule has 0 spiro atoms. The minimum atomic E-state index is 0.603. The molecule has 0 N–H and O–H groups in total. The van der Waals surface area contributed by atoms with Crippen LogP contribution in [0.5, 0.6) is 5.75 Å². The summed E-state index contributed by atoms with van der Waals surface area (Å²) in [6.45, 7) is 2.54. The van der Waals surface area contributed by atoms with Crippen molar-refractivity contribution in [1.29, 1.82) is 0 Å². The van der Waals surface area contributed by atoms with Gasteiger partial charge in [0.15, 0.2) is 6.29 Å². The van der Waals surface area contributed by atoms with Crippen molar-refractivity contribution in [3.05, 3.63) is 30.0 Å². The molecule has 3 heteroatoms. The number of carbonyl (C=O) groups is 1. The van der Waals surface area contributed by atoms with Gasteiger partial charge in [-0.1, -0.05) is 6.07 Å². The van der Waals surface area contributed by atoms with Crippen LogP contribution in [0.1, 0.15) is 17.3 Å². The Morgan fingerprint density at radius 3 is 2.93 bits per heavy atom. The van der Waals surface area contributed by atoms with Gasteiger partial charge in [-0.3, -0.25) is 4.79 Å². The fourth-order valence-electron chi connectivity index (χ4n) is 1.81. The molecule has 1 heterocycles. The molecule has 0 aliphatic rings. The van der Waals surface area contributed by atoms with Crippen LogP contribution in [0.3, 0.4) is 0 Å². The Bertz CT molecular complexity index is 500. The van der Waals surface area contributed by atoms with Crippen molar-refractivity contribution >= 4 is 17.2 Å². The Balaban J connectivity index is 2.75. The highest BCUT2D eigenvalue weighted by Gasteiger charge is 2.10. The standard InChI is InChI=1S/C12H13NO2/c1-3-15-11-6-4-5-10-12(11)9(8-14)7-13(10)2/h4-8H,3H2,1-2H3. The number of hydrogen-bond donors (Lipinski definition) is 0. The van der Waals surface area contributed by atoms with Crippen molar-refractivity contribution < 1.29 is 9.53 Å². The summed E-state index contributed by atoms with van der Waals surface area (Å²) in [6, 6.07) is 5.80. The molecule has 1 aromatic heterocycles. The summed E-state index contributed by atoms with van der Waals surface area (Å²) in [4.78, 5) is 10.9. The molecule has 3 nitrogen and oxygen atoms in total. The highest BCUT2D eigenvalue weighted by Crippen LogP contribution is 2.29.